The van der Waals surface area contributed by atoms with E-state index in [0.29, 0.717) is 6.04 Å². The van der Waals surface area contributed by atoms with Crippen molar-refractivity contribution in [2.45, 2.75) is 38.6 Å². The zero-order valence-electron chi connectivity index (χ0n) is 15.0. The van der Waals surface area contributed by atoms with Crippen LogP contribution >= 0.6 is 0 Å². The summed E-state index contributed by atoms with van der Waals surface area (Å²) in [4.78, 5) is 16.5. The standard InChI is InChI=1S/C22H23N3O/c1-15-6-9-20(25-22(26)24-19-4-2-3-5-19)13-21(15)17-8-7-16-10-11-23-14-18(16)12-17/h6-14,19H,2-5H2,1H3,(H2,24,25,26). The number of fused-ring (bicyclic) bond motifs is 1. The highest BCUT2D eigenvalue weighted by Gasteiger charge is 2.17. The number of benzene rings is 2. The molecule has 2 aromatic carbocycles. The number of anilines is 1. The third kappa shape index (κ3) is 3.54. The summed E-state index contributed by atoms with van der Waals surface area (Å²) in [5, 5.41) is 8.33. The van der Waals surface area contributed by atoms with E-state index >= 15 is 0 Å². The van der Waals surface area contributed by atoms with Crippen molar-refractivity contribution in [3.8, 4) is 11.1 Å². The summed E-state index contributed by atoms with van der Waals surface area (Å²) < 4.78 is 0. The minimum absolute atomic E-state index is 0.116. The maximum atomic E-state index is 12.2. The monoisotopic (exact) mass is 345 g/mol. The van der Waals surface area contributed by atoms with Crippen molar-refractivity contribution in [3.05, 3.63) is 60.4 Å². The van der Waals surface area contributed by atoms with Gasteiger partial charge in [-0.25, -0.2) is 4.79 Å². The SMILES string of the molecule is Cc1ccc(NC(=O)NC2CCCC2)cc1-c1ccc2ccncc2c1. The number of aryl methyl sites for hydroxylation is 1. The Morgan fingerprint density at radius 2 is 1.88 bits per heavy atom. The molecule has 26 heavy (non-hydrogen) atoms. The fourth-order valence-corrected chi connectivity index (χ4v) is 3.69. The Bertz CT molecular complexity index is 945. The van der Waals surface area contributed by atoms with Gasteiger partial charge < -0.3 is 10.6 Å². The number of aromatic nitrogens is 1. The van der Waals surface area contributed by atoms with Crippen LogP contribution in [0.15, 0.2) is 54.9 Å². The number of hydrogen-bond donors (Lipinski definition) is 2. The van der Waals surface area contributed by atoms with E-state index in [-0.39, 0.29) is 6.03 Å². The maximum Gasteiger partial charge on any atom is 0.319 e. The molecule has 4 heteroatoms. The predicted molar refractivity (Wildman–Crippen MR) is 106 cm³/mol. The minimum Gasteiger partial charge on any atom is -0.335 e. The molecule has 0 spiro atoms. The lowest BCUT2D eigenvalue weighted by Crippen LogP contribution is -2.36. The highest BCUT2D eigenvalue weighted by atomic mass is 16.2. The quantitative estimate of drug-likeness (QED) is 0.679. The molecular formula is C22H23N3O. The summed E-state index contributed by atoms with van der Waals surface area (Å²) in [6, 6.07) is 14.6. The lowest BCUT2D eigenvalue weighted by Gasteiger charge is -2.14. The number of amides is 2. The van der Waals surface area contributed by atoms with E-state index in [1.54, 1.807) is 6.20 Å². The molecule has 1 fully saturated rings. The van der Waals surface area contributed by atoms with Crippen LogP contribution in [-0.2, 0) is 0 Å². The highest BCUT2D eigenvalue weighted by Crippen LogP contribution is 2.29. The van der Waals surface area contributed by atoms with Gasteiger partial charge in [0.05, 0.1) is 0 Å². The first kappa shape index (κ1) is 16.6. The van der Waals surface area contributed by atoms with Crippen LogP contribution in [0.25, 0.3) is 21.9 Å². The van der Waals surface area contributed by atoms with Crippen LogP contribution in [-0.4, -0.2) is 17.1 Å². The number of urea groups is 1. The predicted octanol–water partition coefficient (Wildman–Crippen LogP) is 5.27. The largest absolute Gasteiger partial charge is 0.335 e. The van der Waals surface area contributed by atoms with Crippen molar-refractivity contribution in [3.63, 3.8) is 0 Å². The Kier molecular flexibility index (Phi) is 4.57. The molecule has 1 heterocycles. The molecule has 0 bridgehead atoms. The Morgan fingerprint density at radius 1 is 1.04 bits per heavy atom. The molecule has 1 aliphatic rings. The van der Waals surface area contributed by atoms with Gasteiger partial charge in [-0.3, -0.25) is 4.98 Å². The summed E-state index contributed by atoms with van der Waals surface area (Å²) in [7, 11) is 0. The lowest BCUT2D eigenvalue weighted by molar-refractivity contribution is 0.248. The summed E-state index contributed by atoms with van der Waals surface area (Å²) in [6.45, 7) is 2.09. The average molecular weight is 345 g/mol. The molecule has 0 atom stereocenters. The smallest absolute Gasteiger partial charge is 0.319 e. The number of hydrogen-bond acceptors (Lipinski definition) is 2. The van der Waals surface area contributed by atoms with Gasteiger partial charge >= 0.3 is 6.03 Å². The second kappa shape index (κ2) is 7.16. The Labute approximate surface area is 153 Å². The topological polar surface area (TPSA) is 54.0 Å². The molecule has 3 aromatic rings. The number of rotatable bonds is 3. The first-order valence-electron chi connectivity index (χ1n) is 9.21. The zero-order valence-corrected chi connectivity index (χ0v) is 15.0. The third-order valence-electron chi connectivity index (χ3n) is 5.14. The molecule has 1 aliphatic carbocycles. The summed E-state index contributed by atoms with van der Waals surface area (Å²) in [5.41, 5.74) is 4.24. The van der Waals surface area contributed by atoms with Gasteiger partial charge in [0.25, 0.3) is 0 Å². The van der Waals surface area contributed by atoms with Crippen molar-refractivity contribution >= 4 is 22.5 Å². The number of nitrogens with zero attached hydrogens (tertiary/aromatic N) is 1. The van der Waals surface area contributed by atoms with Gasteiger partial charge in [0, 0.05) is 29.5 Å². The second-order valence-corrected chi connectivity index (χ2v) is 7.05. The molecule has 2 amide bonds. The molecule has 132 valence electrons. The summed E-state index contributed by atoms with van der Waals surface area (Å²) in [5.74, 6) is 0. The maximum absolute atomic E-state index is 12.2. The lowest BCUT2D eigenvalue weighted by atomic mass is 9.98. The number of carbonyl (C=O) groups is 1. The second-order valence-electron chi connectivity index (χ2n) is 7.05. The van der Waals surface area contributed by atoms with Gasteiger partial charge in [0.15, 0.2) is 0 Å². The third-order valence-corrected chi connectivity index (χ3v) is 5.14. The van der Waals surface area contributed by atoms with Crippen molar-refractivity contribution in [1.29, 1.82) is 0 Å². The van der Waals surface area contributed by atoms with Crippen LogP contribution in [0.5, 0.6) is 0 Å². The zero-order chi connectivity index (χ0) is 17.9. The fraction of sp³-hybridized carbons (Fsp3) is 0.273. The van der Waals surface area contributed by atoms with Crippen molar-refractivity contribution in [2.75, 3.05) is 5.32 Å². The van der Waals surface area contributed by atoms with Gasteiger partial charge in [-0.05, 0) is 66.1 Å². The van der Waals surface area contributed by atoms with Crippen molar-refractivity contribution in [2.24, 2.45) is 0 Å². The van der Waals surface area contributed by atoms with Gasteiger partial charge in [0.2, 0.25) is 0 Å². The van der Waals surface area contributed by atoms with Crippen LogP contribution in [0, 0.1) is 6.92 Å². The molecule has 4 rings (SSSR count). The molecule has 0 unspecified atom stereocenters. The molecule has 4 nitrogen and oxygen atoms in total. The molecule has 2 N–H and O–H groups in total. The Balaban J connectivity index is 1.57. The van der Waals surface area contributed by atoms with Crippen LogP contribution in [0.4, 0.5) is 10.5 Å². The van der Waals surface area contributed by atoms with E-state index in [1.165, 1.54) is 23.8 Å². The normalized spacial score (nSPS) is 14.5. The molecule has 0 saturated heterocycles. The van der Waals surface area contributed by atoms with Crippen LogP contribution in [0.3, 0.4) is 0 Å². The molecule has 0 radical (unpaired) electrons. The van der Waals surface area contributed by atoms with E-state index in [9.17, 15) is 4.79 Å². The molecular weight excluding hydrogens is 322 g/mol. The van der Waals surface area contributed by atoms with Crippen molar-refractivity contribution in [1.82, 2.24) is 10.3 Å². The minimum atomic E-state index is -0.116. The summed E-state index contributed by atoms with van der Waals surface area (Å²) in [6.07, 6.45) is 8.26. The molecule has 1 aromatic heterocycles. The van der Waals surface area contributed by atoms with Crippen LogP contribution in [0.2, 0.25) is 0 Å². The number of nitrogens with one attached hydrogen (secondary N) is 2. The van der Waals surface area contributed by atoms with E-state index in [0.717, 1.165) is 35.0 Å². The van der Waals surface area contributed by atoms with Gasteiger partial charge in [-0.15, -0.1) is 0 Å². The van der Waals surface area contributed by atoms with E-state index in [2.05, 4.69) is 40.7 Å². The average Bonchev–Trinajstić information content (AvgIpc) is 3.16. The van der Waals surface area contributed by atoms with Crippen LogP contribution < -0.4 is 10.6 Å². The van der Waals surface area contributed by atoms with E-state index in [1.807, 2.05) is 30.5 Å². The molecule has 0 aliphatic heterocycles. The first-order chi connectivity index (χ1) is 12.7. The summed E-state index contributed by atoms with van der Waals surface area (Å²) >= 11 is 0. The van der Waals surface area contributed by atoms with Gasteiger partial charge in [-0.1, -0.05) is 31.0 Å². The first-order valence-corrected chi connectivity index (χ1v) is 9.21. The number of pyridine rings is 1. The van der Waals surface area contributed by atoms with E-state index < -0.39 is 0 Å². The molecule has 1 saturated carbocycles. The Hall–Kier alpha value is -2.88. The van der Waals surface area contributed by atoms with Crippen LogP contribution in [0.1, 0.15) is 31.2 Å². The van der Waals surface area contributed by atoms with Gasteiger partial charge in [-0.2, -0.15) is 0 Å². The fourth-order valence-electron chi connectivity index (χ4n) is 3.69. The highest BCUT2D eigenvalue weighted by molar-refractivity contribution is 5.92. The number of carbonyl (C=O) groups excluding carboxylic acids is 1. The van der Waals surface area contributed by atoms with Gasteiger partial charge in [0.1, 0.15) is 0 Å². The van der Waals surface area contributed by atoms with E-state index in [4.69, 9.17) is 0 Å². The van der Waals surface area contributed by atoms with Crippen molar-refractivity contribution < 1.29 is 4.79 Å². The Morgan fingerprint density at radius 3 is 2.73 bits per heavy atom.